The molecule has 102 valence electrons. The third kappa shape index (κ3) is 3.66. The van der Waals surface area contributed by atoms with Gasteiger partial charge in [0.15, 0.2) is 0 Å². The van der Waals surface area contributed by atoms with Crippen LogP contribution in [-0.2, 0) is 4.74 Å². The summed E-state index contributed by atoms with van der Waals surface area (Å²) in [5.74, 6) is 0. The third-order valence-electron chi connectivity index (χ3n) is 2.97. The van der Waals surface area contributed by atoms with Gasteiger partial charge in [-0.05, 0) is 31.7 Å². The van der Waals surface area contributed by atoms with Crippen molar-refractivity contribution in [1.29, 1.82) is 0 Å². The first-order chi connectivity index (χ1) is 9.35. The Hall–Kier alpha value is -1.65. The Morgan fingerprint density at radius 2 is 2.05 bits per heavy atom. The fourth-order valence-electron chi connectivity index (χ4n) is 1.91. The van der Waals surface area contributed by atoms with Gasteiger partial charge < -0.3 is 10.1 Å². The number of nitrogens with zero attached hydrogens (tertiary/aromatic N) is 2. The molecule has 0 fully saturated rings. The molecule has 0 aliphatic rings. The molecule has 0 aliphatic carbocycles. The molecule has 4 heteroatoms. The Morgan fingerprint density at radius 3 is 2.74 bits per heavy atom. The highest BCUT2D eigenvalue weighted by Crippen LogP contribution is 2.13. The first-order valence-electron chi connectivity index (χ1n) is 6.71. The molecule has 0 radical (unpaired) electrons. The van der Waals surface area contributed by atoms with Crippen LogP contribution in [0.3, 0.4) is 0 Å². The van der Waals surface area contributed by atoms with E-state index >= 15 is 0 Å². The smallest absolute Gasteiger partial charge is 0.0821 e. The van der Waals surface area contributed by atoms with Gasteiger partial charge in [-0.2, -0.15) is 5.10 Å². The fourth-order valence-corrected chi connectivity index (χ4v) is 1.91. The monoisotopic (exact) mass is 259 g/mol. The normalized spacial score (nSPS) is 12.5. The molecule has 2 rings (SSSR count). The van der Waals surface area contributed by atoms with Crippen LogP contribution >= 0.6 is 0 Å². The summed E-state index contributed by atoms with van der Waals surface area (Å²) in [6, 6.07) is 12.3. The Kier molecular flexibility index (Phi) is 5.12. The maximum atomic E-state index is 5.59. The molecule has 0 bridgehead atoms. The standard InChI is InChI=1S/C15H21N3O/c1-3-11-19-12-15(16-2)14-9-10-18(17-14)13-7-5-4-6-8-13/h4-10,15-16H,3,11-12H2,1-2H3. The predicted molar refractivity (Wildman–Crippen MR) is 76.5 cm³/mol. The quantitative estimate of drug-likeness (QED) is 0.777. The van der Waals surface area contributed by atoms with Gasteiger partial charge in [0.25, 0.3) is 0 Å². The van der Waals surface area contributed by atoms with E-state index < -0.39 is 0 Å². The topological polar surface area (TPSA) is 39.1 Å². The lowest BCUT2D eigenvalue weighted by Crippen LogP contribution is -2.22. The van der Waals surface area contributed by atoms with Crippen molar-refractivity contribution < 1.29 is 4.74 Å². The van der Waals surface area contributed by atoms with Crippen molar-refractivity contribution in [1.82, 2.24) is 15.1 Å². The van der Waals surface area contributed by atoms with Crippen LogP contribution in [-0.4, -0.2) is 30.0 Å². The van der Waals surface area contributed by atoms with Crippen molar-refractivity contribution in [3.63, 3.8) is 0 Å². The summed E-state index contributed by atoms with van der Waals surface area (Å²) in [6.07, 6.45) is 3.02. The zero-order valence-corrected chi connectivity index (χ0v) is 11.5. The van der Waals surface area contributed by atoms with Gasteiger partial charge in [-0.1, -0.05) is 25.1 Å². The van der Waals surface area contributed by atoms with Crippen LogP contribution in [0.2, 0.25) is 0 Å². The number of hydrogen-bond acceptors (Lipinski definition) is 3. The van der Waals surface area contributed by atoms with Gasteiger partial charge in [0.1, 0.15) is 0 Å². The molecular weight excluding hydrogens is 238 g/mol. The zero-order valence-electron chi connectivity index (χ0n) is 11.5. The van der Waals surface area contributed by atoms with Crippen LogP contribution in [0.1, 0.15) is 25.1 Å². The highest BCUT2D eigenvalue weighted by Gasteiger charge is 2.12. The minimum Gasteiger partial charge on any atom is -0.379 e. The molecule has 1 atom stereocenters. The summed E-state index contributed by atoms with van der Waals surface area (Å²) in [7, 11) is 1.93. The summed E-state index contributed by atoms with van der Waals surface area (Å²) in [5, 5.41) is 7.85. The number of rotatable bonds is 7. The van der Waals surface area contributed by atoms with E-state index in [2.05, 4.69) is 17.3 Å². The van der Waals surface area contributed by atoms with E-state index in [4.69, 9.17) is 4.74 Å². The summed E-state index contributed by atoms with van der Waals surface area (Å²) in [5.41, 5.74) is 2.07. The van der Waals surface area contributed by atoms with Gasteiger partial charge >= 0.3 is 0 Å². The van der Waals surface area contributed by atoms with Crippen molar-refractivity contribution in [2.75, 3.05) is 20.3 Å². The molecule has 0 saturated carbocycles. The molecule has 0 saturated heterocycles. The van der Waals surface area contributed by atoms with Gasteiger partial charge in [-0.25, -0.2) is 4.68 Å². The maximum absolute atomic E-state index is 5.59. The number of ether oxygens (including phenoxy) is 1. The average Bonchev–Trinajstić information content (AvgIpc) is 2.94. The molecule has 0 aliphatic heterocycles. The number of aromatic nitrogens is 2. The largest absolute Gasteiger partial charge is 0.379 e. The Morgan fingerprint density at radius 1 is 1.26 bits per heavy atom. The van der Waals surface area contributed by atoms with E-state index in [0.29, 0.717) is 6.61 Å². The minimum absolute atomic E-state index is 0.136. The van der Waals surface area contributed by atoms with Gasteiger partial charge in [0.2, 0.25) is 0 Å². The van der Waals surface area contributed by atoms with Crippen LogP contribution in [0.5, 0.6) is 0 Å². The van der Waals surface area contributed by atoms with Gasteiger partial charge in [0, 0.05) is 12.8 Å². The molecule has 19 heavy (non-hydrogen) atoms. The van der Waals surface area contributed by atoms with E-state index in [-0.39, 0.29) is 6.04 Å². The maximum Gasteiger partial charge on any atom is 0.0821 e. The summed E-state index contributed by atoms with van der Waals surface area (Å²) in [4.78, 5) is 0. The molecule has 1 heterocycles. The molecule has 1 aromatic heterocycles. The van der Waals surface area contributed by atoms with Crippen molar-refractivity contribution in [2.24, 2.45) is 0 Å². The molecule has 1 unspecified atom stereocenters. The average molecular weight is 259 g/mol. The zero-order chi connectivity index (χ0) is 13.5. The van der Waals surface area contributed by atoms with Crippen LogP contribution < -0.4 is 5.32 Å². The lowest BCUT2D eigenvalue weighted by molar-refractivity contribution is 0.113. The predicted octanol–water partition coefficient (Wildman–Crippen LogP) is 2.56. The van der Waals surface area contributed by atoms with E-state index in [1.54, 1.807) is 0 Å². The van der Waals surface area contributed by atoms with E-state index in [1.165, 1.54) is 0 Å². The van der Waals surface area contributed by atoms with E-state index in [0.717, 1.165) is 24.4 Å². The minimum atomic E-state index is 0.136. The highest BCUT2D eigenvalue weighted by molar-refractivity contribution is 5.30. The molecular formula is C15H21N3O. The van der Waals surface area contributed by atoms with Crippen molar-refractivity contribution >= 4 is 0 Å². The SMILES string of the molecule is CCCOCC(NC)c1ccn(-c2ccccc2)n1. The van der Waals surface area contributed by atoms with Crippen molar-refractivity contribution in [3.05, 3.63) is 48.3 Å². The first-order valence-corrected chi connectivity index (χ1v) is 6.71. The first kappa shape index (κ1) is 13.8. The van der Waals surface area contributed by atoms with Crippen LogP contribution in [0, 0.1) is 0 Å². The Balaban J connectivity index is 2.06. The number of para-hydroxylation sites is 1. The molecule has 4 nitrogen and oxygen atoms in total. The second-order valence-corrected chi connectivity index (χ2v) is 4.44. The molecule has 0 amide bonds. The number of benzene rings is 1. The van der Waals surface area contributed by atoms with Crippen LogP contribution in [0.15, 0.2) is 42.6 Å². The number of likely N-dealkylation sites (N-methyl/N-ethyl adjacent to an activating group) is 1. The lowest BCUT2D eigenvalue weighted by Gasteiger charge is -2.13. The van der Waals surface area contributed by atoms with Gasteiger partial charge in [-0.3, -0.25) is 0 Å². The fraction of sp³-hybridized carbons (Fsp3) is 0.400. The molecule has 0 spiro atoms. The molecule has 1 N–H and O–H groups in total. The summed E-state index contributed by atoms with van der Waals surface area (Å²) in [6.45, 7) is 3.55. The van der Waals surface area contributed by atoms with Gasteiger partial charge in [-0.15, -0.1) is 0 Å². The third-order valence-corrected chi connectivity index (χ3v) is 2.97. The van der Waals surface area contributed by atoms with Crippen molar-refractivity contribution in [2.45, 2.75) is 19.4 Å². The highest BCUT2D eigenvalue weighted by atomic mass is 16.5. The number of nitrogens with one attached hydrogen (secondary N) is 1. The lowest BCUT2D eigenvalue weighted by atomic mass is 10.2. The molecule has 2 aromatic rings. The van der Waals surface area contributed by atoms with Crippen molar-refractivity contribution in [3.8, 4) is 5.69 Å². The van der Waals surface area contributed by atoms with Crippen LogP contribution in [0.4, 0.5) is 0 Å². The Bertz CT molecular complexity index is 481. The Labute approximate surface area is 114 Å². The second kappa shape index (κ2) is 7.07. The summed E-state index contributed by atoms with van der Waals surface area (Å²) < 4.78 is 7.48. The summed E-state index contributed by atoms with van der Waals surface area (Å²) >= 11 is 0. The van der Waals surface area contributed by atoms with Crippen LogP contribution in [0.25, 0.3) is 5.69 Å². The van der Waals surface area contributed by atoms with E-state index in [1.807, 2.05) is 54.3 Å². The molecule has 1 aromatic carbocycles. The van der Waals surface area contributed by atoms with E-state index in [9.17, 15) is 0 Å². The number of hydrogen-bond donors (Lipinski definition) is 1. The second-order valence-electron chi connectivity index (χ2n) is 4.44. The van der Waals surface area contributed by atoms with Gasteiger partial charge in [0.05, 0.1) is 24.0 Å².